The van der Waals surface area contributed by atoms with Gasteiger partial charge in [0, 0.05) is 18.2 Å². The first-order valence-electron chi connectivity index (χ1n) is 7.40. The van der Waals surface area contributed by atoms with E-state index in [1.54, 1.807) is 26.0 Å². The minimum Gasteiger partial charge on any atom is -0.465 e. The predicted octanol–water partition coefficient (Wildman–Crippen LogP) is 1.87. The molecule has 0 saturated heterocycles. The molecular formula is C15H18N2O6S. The second kappa shape index (κ2) is 7.10. The summed E-state index contributed by atoms with van der Waals surface area (Å²) in [5, 5.41) is 10.7. The van der Waals surface area contributed by atoms with Gasteiger partial charge in [0.1, 0.15) is 6.04 Å². The molecule has 1 aliphatic rings. The van der Waals surface area contributed by atoms with E-state index in [4.69, 9.17) is 4.74 Å². The summed E-state index contributed by atoms with van der Waals surface area (Å²) in [6.07, 6.45) is 3.65. The minimum atomic E-state index is -4.01. The first kappa shape index (κ1) is 18.1. The Balaban J connectivity index is 2.41. The smallest absolute Gasteiger partial charge is 0.324 e. The Morgan fingerprint density at radius 2 is 2.00 bits per heavy atom. The van der Waals surface area contributed by atoms with E-state index in [1.165, 1.54) is 12.1 Å². The zero-order valence-corrected chi connectivity index (χ0v) is 14.1. The molecule has 0 fully saturated rings. The molecule has 130 valence electrons. The van der Waals surface area contributed by atoms with Gasteiger partial charge in [-0.05, 0) is 32.4 Å². The number of hydrogen-bond acceptors (Lipinski definition) is 6. The molecule has 9 heteroatoms. The van der Waals surface area contributed by atoms with E-state index in [0.717, 1.165) is 16.4 Å². The van der Waals surface area contributed by atoms with Crippen LogP contribution in [0.3, 0.4) is 0 Å². The van der Waals surface area contributed by atoms with E-state index in [-0.39, 0.29) is 23.6 Å². The lowest BCUT2D eigenvalue weighted by Crippen LogP contribution is -2.51. The van der Waals surface area contributed by atoms with Crippen LogP contribution in [0.1, 0.15) is 20.3 Å². The number of ether oxygens (including phenoxy) is 1. The van der Waals surface area contributed by atoms with Crippen molar-refractivity contribution in [2.45, 2.75) is 37.2 Å². The predicted molar refractivity (Wildman–Crippen MR) is 85.8 cm³/mol. The Labute approximate surface area is 139 Å². The van der Waals surface area contributed by atoms with Crippen LogP contribution < -0.4 is 0 Å². The van der Waals surface area contributed by atoms with Gasteiger partial charge >= 0.3 is 5.97 Å². The number of non-ortho nitro benzene ring substituents is 1. The SMILES string of the molecule is CCOC(=O)[C@H]1CC=CC(C)N1S(=O)(=O)c1ccc([N+](=O)[O-])cc1. The minimum absolute atomic E-state index is 0.107. The topological polar surface area (TPSA) is 107 Å². The fourth-order valence-electron chi connectivity index (χ4n) is 2.56. The van der Waals surface area contributed by atoms with Crippen LogP contribution in [0.2, 0.25) is 0 Å². The Hall–Kier alpha value is -2.26. The number of nitro benzene ring substituents is 1. The number of rotatable bonds is 5. The highest BCUT2D eigenvalue weighted by Crippen LogP contribution is 2.28. The molecular weight excluding hydrogens is 336 g/mol. The molecule has 24 heavy (non-hydrogen) atoms. The molecule has 0 aliphatic carbocycles. The molecule has 0 aromatic heterocycles. The van der Waals surface area contributed by atoms with Gasteiger partial charge in [0.15, 0.2) is 0 Å². The quantitative estimate of drug-likeness (QED) is 0.346. The molecule has 1 unspecified atom stereocenters. The van der Waals surface area contributed by atoms with Crippen molar-refractivity contribution in [2.24, 2.45) is 0 Å². The van der Waals surface area contributed by atoms with Gasteiger partial charge in [-0.25, -0.2) is 8.42 Å². The number of hydrogen-bond donors (Lipinski definition) is 0. The van der Waals surface area contributed by atoms with Gasteiger partial charge in [0.25, 0.3) is 5.69 Å². The van der Waals surface area contributed by atoms with Gasteiger partial charge in [0.2, 0.25) is 10.0 Å². The zero-order valence-electron chi connectivity index (χ0n) is 13.3. The Kier molecular flexibility index (Phi) is 5.35. The molecule has 0 spiro atoms. The lowest BCUT2D eigenvalue weighted by Gasteiger charge is -2.34. The van der Waals surface area contributed by atoms with Crippen molar-refractivity contribution < 1.29 is 22.9 Å². The van der Waals surface area contributed by atoms with Crippen molar-refractivity contribution in [3.05, 3.63) is 46.5 Å². The maximum Gasteiger partial charge on any atom is 0.324 e. The van der Waals surface area contributed by atoms with E-state index in [1.807, 2.05) is 0 Å². The highest BCUT2D eigenvalue weighted by atomic mass is 32.2. The van der Waals surface area contributed by atoms with Crippen molar-refractivity contribution in [1.82, 2.24) is 4.31 Å². The van der Waals surface area contributed by atoms with Crippen molar-refractivity contribution in [3.8, 4) is 0 Å². The molecule has 0 saturated carbocycles. The first-order chi connectivity index (χ1) is 11.3. The molecule has 1 aromatic carbocycles. The van der Waals surface area contributed by atoms with E-state index in [0.29, 0.717) is 0 Å². The fourth-order valence-corrected chi connectivity index (χ4v) is 4.30. The zero-order chi connectivity index (χ0) is 17.9. The van der Waals surface area contributed by atoms with Crippen LogP contribution in [0.15, 0.2) is 41.3 Å². The summed E-state index contributed by atoms with van der Waals surface area (Å²) in [6.45, 7) is 3.46. The standard InChI is InChI=1S/C15H18N2O6S/c1-3-23-15(18)14-6-4-5-11(2)16(14)24(21,22)13-9-7-12(8-10-13)17(19)20/h4-5,7-11,14H,3,6H2,1-2H3/t11?,14-/m1/s1. The van der Waals surface area contributed by atoms with Gasteiger partial charge in [-0.2, -0.15) is 4.31 Å². The summed E-state index contributed by atoms with van der Waals surface area (Å²) < 4.78 is 31.9. The van der Waals surface area contributed by atoms with Crippen LogP contribution >= 0.6 is 0 Å². The summed E-state index contributed by atoms with van der Waals surface area (Å²) in [7, 11) is -4.01. The molecule has 8 nitrogen and oxygen atoms in total. The number of carbonyl (C=O) groups excluding carboxylic acids is 1. The molecule has 2 atom stereocenters. The van der Waals surface area contributed by atoms with Crippen LogP contribution in [0.25, 0.3) is 0 Å². The Morgan fingerprint density at radius 3 is 2.54 bits per heavy atom. The summed E-state index contributed by atoms with van der Waals surface area (Å²) in [5.41, 5.74) is -0.206. The number of nitro groups is 1. The lowest BCUT2D eigenvalue weighted by molar-refractivity contribution is -0.384. The molecule has 0 bridgehead atoms. The van der Waals surface area contributed by atoms with E-state index >= 15 is 0 Å². The highest BCUT2D eigenvalue weighted by molar-refractivity contribution is 7.89. The highest BCUT2D eigenvalue weighted by Gasteiger charge is 2.40. The second-order valence-electron chi connectivity index (χ2n) is 5.26. The van der Waals surface area contributed by atoms with Gasteiger partial charge < -0.3 is 4.74 Å². The van der Waals surface area contributed by atoms with Gasteiger partial charge in [-0.15, -0.1) is 0 Å². The number of nitrogens with zero attached hydrogens (tertiary/aromatic N) is 2. The van der Waals surface area contributed by atoms with Crippen LogP contribution in [-0.4, -0.2) is 42.3 Å². The first-order valence-corrected chi connectivity index (χ1v) is 8.84. The maximum atomic E-state index is 12.9. The molecule has 1 aliphatic heterocycles. The number of esters is 1. The third-order valence-electron chi connectivity index (χ3n) is 3.66. The molecule has 0 amide bonds. The van der Waals surface area contributed by atoms with Crippen LogP contribution in [0.4, 0.5) is 5.69 Å². The Bertz CT molecular complexity index is 757. The van der Waals surface area contributed by atoms with Gasteiger partial charge in [-0.1, -0.05) is 12.2 Å². The monoisotopic (exact) mass is 354 g/mol. The summed E-state index contributed by atoms with van der Waals surface area (Å²) in [5.74, 6) is -0.612. The third kappa shape index (κ3) is 3.46. The normalized spacial score (nSPS) is 21.4. The summed E-state index contributed by atoms with van der Waals surface area (Å²) in [6, 6.07) is 3.09. The molecule has 1 aromatic rings. The summed E-state index contributed by atoms with van der Waals surface area (Å²) in [4.78, 5) is 22.1. The lowest BCUT2D eigenvalue weighted by atomic mass is 10.1. The summed E-state index contributed by atoms with van der Waals surface area (Å²) >= 11 is 0. The van der Waals surface area contributed by atoms with E-state index < -0.39 is 33.0 Å². The van der Waals surface area contributed by atoms with Crippen molar-refractivity contribution in [2.75, 3.05) is 6.61 Å². The third-order valence-corrected chi connectivity index (χ3v) is 5.67. The van der Waals surface area contributed by atoms with Crippen LogP contribution in [0, 0.1) is 10.1 Å². The molecule has 2 rings (SSSR count). The Morgan fingerprint density at radius 1 is 1.38 bits per heavy atom. The second-order valence-corrected chi connectivity index (χ2v) is 7.10. The van der Waals surface area contributed by atoms with Gasteiger partial charge in [0.05, 0.1) is 16.4 Å². The molecule has 0 N–H and O–H groups in total. The average molecular weight is 354 g/mol. The van der Waals surface area contributed by atoms with Crippen LogP contribution in [0.5, 0.6) is 0 Å². The largest absolute Gasteiger partial charge is 0.465 e. The number of sulfonamides is 1. The molecule has 1 heterocycles. The van der Waals surface area contributed by atoms with Crippen molar-refractivity contribution >= 4 is 21.7 Å². The van der Waals surface area contributed by atoms with Crippen molar-refractivity contribution in [1.29, 1.82) is 0 Å². The van der Waals surface area contributed by atoms with E-state index in [9.17, 15) is 23.3 Å². The maximum absolute atomic E-state index is 12.9. The average Bonchev–Trinajstić information content (AvgIpc) is 2.54. The molecule has 0 radical (unpaired) electrons. The van der Waals surface area contributed by atoms with Crippen LogP contribution in [-0.2, 0) is 19.6 Å². The van der Waals surface area contributed by atoms with Crippen molar-refractivity contribution in [3.63, 3.8) is 0 Å². The fraction of sp³-hybridized carbons (Fsp3) is 0.400. The van der Waals surface area contributed by atoms with Gasteiger partial charge in [-0.3, -0.25) is 14.9 Å². The number of carbonyl (C=O) groups is 1. The number of benzene rings is 1. The van der Waals surface area contributed by atoms with E-state index in [2.05, 4.69) is 0 Å².